The van der Waals surface area contributed by atoms with Crippen LogP contribution in [0, 0.1) is 6.92 Å². The molecule has 0 saturated carbocycles. The molecule has 2 atom stereocenters. The van der Waals surface area contributed by atoms with Crippen molar-refractivity contribution in [1.29, 1.82) is 0 Å². The number of rotatable bonds is 2. The number of benzene rings is 6. The summed E-state index contributed by atoms with van der Waals surface area (Å²) in [5, 5.41) is 30.0. The minimum absolute atomic E-state index is 0.693. The Morgan fingerprint density at radius 1 is 0.405 bits per heavy atom. The zero-order chi connectivity index (χ0) is 25.2. The van der Waals surface area contributed by atoms with Gasteiger partial charge in [0.05, 0.1) is 0 Å². The van der Waals surface area contributed by atoms with E-state index in [4.69, 9.17) is 0 Å². The number of hydrogen-bond acceptors (Lipinski definition) is 2. The van der Waals surface area contributed by atoms with Gasteiger partial charge < -0.3 is 10.2 Å². The van der Waals surface area contributed by atoms with Gasteiger partial charge in [-0.1, -0.05) is 133 Å². The van der Waals surface area contributed by atoms with Crippen molar-refractivity contribution < 1.29 is 10.2 Å². The van der Waals surface area contributed by atoms with Crippen LogP contribution in [-0.4, -0.2) is 10.2 Å². The van der Waals surface area contributed by atoms with E-state index in [2.05, 4.69) is 36.4 Å². The predicted molar refractivity (Wildman–Crippen MR) is 150 cm³/mol. The van der Waals surface area contributed by atoms with Gasteiger partial charge in [0, 0.05) is 11.1 Å². The van der Waals surface area contributed by atoms with Gasteiger partial charge in [0.2, 0.25) is 0 Å². The number of aryl methyl sites for hydroxylation is 1. The van der Waals surface area contributed by atoms with E-state index in [1.807, 2.05) is 97.9 Å². The first-order chi connectivity index (χ1) is 18.0. The Labute approximate surface area is 216 Å². The second-order valence-electron chi connectivity index (χ2n) is 10.1. The van der Waals surface area contributed by atoms with Gasteiger partial charge in [-0.05, 0) is 50.7 Å². The van der Waals surface area contributed by atoms with Crippen molar-refractivity contribution in [2.75, 3.05) is 0 Å². The molecule has 37 heavy (non-hydrogen) atoms. The third-order valence-electron chi connectivity index (χ3n) is 8.02. The summed E-state index contributed by atoms with van der Waals surface area (Å²) >= 11 is 0. The minimum atomic E-state index is -1.45. The first-order valence-electron chi connectivity index (χ1n) is 12.7. The van der Waals surface area contributed by atoms with Gasteiger partial charge in [-0.25, -0.2) is 0 Å². The summed E-state index contributed by atoms with van der Waals surface area (Å²) in [5.41, 5.74) is 2.54. The molecule has 1 aliphatic rings. The summed E-state index contributed by atoms with van der Waals surface area (Å²) in [5.74, 6) is 0. The van der Waals surface area contributed by atoms with Crippen LogP contribution in [0.25, 0.3) is 21.5 Å². The monoisotopic (exact) mass is 478 g/mol. The molecule has 1 aliphatic carbocycles. The SMILES string of the molecule is Cc1ccc2c(c1)C(O)(c1cccc3ccccc13)c1ccccc1C2(O)c1cccc2ccccc12. The average Bonchev–Trinajstić information content (AvgIpc) is 2.95. The highest BCUT2D eigenvalue weighted by Gasteiger charge is 2.51. The van der Waals surface area contributed by atoms with Crippen LogP contribution >= 0.6 is 0 Å². The smallest absolute Gasteiger partial charge is 0.141 e. The standard InChI is InChI=1S/C35H26O2/c1-23-20-21-32-33(22-23)35(37,29-19-9-13-25-11-3-5-15-27(25)29)31-17-7-6-16-30(31)34(32,36)28-18-8-12-24-10-2-4-14-26(24)28/h2-22,36-37H,1H3. The molecule has 0 radical (unpaired) electrons. The van der Waals surface area contributed by atoms with Crippen LogP contribution in [0.15, 0.2) is 127 Å². The zero-order valence-electron chi connectivity index (χ0n) is 20.5. The Bertz CT molecular complexity index is 1820. The van der Waals surface area contributed by atoms with Crippen molar-refractivity contribution >= 4 is 21.5 Å². The van der Waals surface area contributed by atoms with E-state index in [-0.39, 0.29) is 0 Å². The van der Waals surface area contributed by atoms with Gasteiger partial charge in [-0.2, -0.15) is 0 Å². The number of fused-ring (bicyclic) bond motifs is 4. The maximum atomic E-state index is 13.0. The van der Waals surface area contributed by atoms with Gasteiger partial charge in [0.15, 0.2) is 0 Å². The summed E-state index contributed by atoms with van der Waals surface area (Å²) < 4.78 is 0. The fraction of sp³-hybridized carbons (Fsp3) is 0.0857. The zero-order valence-corrected chi connectivity index (χ0v) is 20.5. The molecule has 0 aliphatic heterocycles. The number of hydrogen-bond donors (Lipinski definition) is 2. The fourth-order valence-electron chi connectivity index (χ4n) is 6.34. The van der Waals surface area contributed by atoms with Crippen LogP contribution in [0.5, 0.6) is 0 Å². The molecule has 0 fully saturated rings. The lowest BCUT2D eigenvalue weighted by molar-refractivity contribution is 0.0763. The van der Waals surface area contributed by atoms with Gasteiger partial charge in [0.25, 0.3) is 0 Å². The Hall–Kier alpha value is -4.24. The molecule has 0 amide bonds. The molecule has 0 saturated heterocycles. The lowest BCUT2D eigenvalue weighted by atomic mass is 9.62. The minimum Gasteiger partial charge on any atom is -0.376 e. The second kappa shape index (κ2) is 7.88. The molecule has 6 aromatic carbocycles. The summed E-state index contributed by atoms with van der Waals surface area (Å²) in [4.78, 5) is 0. The van der Waals surface area contributed by atoms with Crippen LogP contribution in [0.3, 0.4) is 0 Å². The Kier molecular flexibility index (Phi) is 4.68. The van der Waals surface area contributed by atoms with Gasteiger partial charge >= 0.3 is 0 Å². The van der Waals surface area contributed by atoms with Crippen LogP contribution in [0.2, 0.25) is 0 Å². The molecule has 2 unspecified atom stereocenters. The van der Waals surface area contributed by atoms with Crippen LogP contribution in [0.4, 0.5) is 0 Å². The quantitative estimate of drug-likeness (QED) is 0.277. The Morgan fingerprint density at radius 2 is 0.811 bits per heavy atom. The van der Waals surface area contributed by atoms with Crippen molar-refractivity contribution in [1.82, 2.24) is 0 Å². The molecule has 0 bridgehead atoms. The van der Waals surface area contributed by atoms with E-state index < -0.39 is 11.2 Å². The molecule has 2 N–H and O–H groups in total. The summed E-state index contributed by atoms with van der Waals surface area (Å²) in [6.07, 6.45) is 0. The molecule has 178 valence electrons. The third-order valence-corrected chi connectivity index (χ3v) is 8.02. The van der Waals surface area contributed by atoms with Crippen molar-refractivity contribution in [3.8, 4) is 0 Å². The number of aliphatic hydroxyl groups is 2. The second-order valence-corrected chi connectivity index (χ2v) is 10.1. The molecule has 0 aromatic heterocycles. The molecule has 2 heteroatoms. The molecular formula is C35H26O2. The molecular weight excluding hydrogens is 452 g/mol. The average molecular weight is 479 g/mol. The molecule has 0 spiro atoms. The molecule has 7 rings (SSSR count). The normalized spacial score (nSPS) is 20.5. The topological polar surface area (TPSA) is 40.5 Å². The van der Waals surface area contributed by atoms with E-state index in [9.17, 15) is 10.2 Å². The predicted octanol–water partition coefficient (Wildman–Crippen LogP) is 7.18. The van der Waals surface area contributed by atoms with Gasteiger partial charge in [0.1, 0.15) is 11.2 Å². The summed E-state index contributed by atoms with van der Waals surface area (Å²) in [6, 6.07) is 42.3. The highest BCUT2D eigenvalue weighted by molar-refractivity contribution is 5.90. The summed E-state index contributed by atoms with van der Waals surface area (Å²) in [7, 11) is 0. The largest absolute Gasteiger partial charge is 0.376 e. The van der Waals surface area contributed by atoms with Gasteiger partial charge in [-0.3, -0.25) is 0 Å². The first-order valence-corrected chi connectivity index (χ1v) is 12.7. The van der Waals surface area contributed by atoms with Crippen molar-refractivity contribution in [2.45, 2.75) is 18.1 Å². The van der Waals surface area contributed by atoms with E-state index in [1.165, 1.54) is 0 Å². The van der Waals surface area contributed by atoms with E-state index in [1.54, 1.807) is 0 Å². The van der Waals surface area contributed by atoms with Crippen molar-refractivity contribution in [3.63, 3.8) is 0 Å². The molecule has 0 heterocycles. The first kappa shape index (κ1) is 22.0. The van der Waals surface area contributed by atoms with Crippen LogP contribution in [-0.2, 0) is 11.2 Å². The maximum absolute atomic E-state index is 13.0. The maximum Gasteiger partial charge on any atom is 0.141 e. The highest BCUT2D eigenvalue weighted by atomic mass is 16.3. The van der Waals surface area contributed by atoms with Crippen LogP contribution in [0.1, 0.15) is 38.9 Å². The van der Waals surface area contributed by atoms with Crippen molar-refractivity contribution in [3.05, 3.63) is 166 Å². The van der Waals surface area contributed by atoms with Crippen molar-refractivity contribution in [2.24, 2.45) is 0 Å². The third kappa shape index (κ3) is 2.94. The van der Waals surface area contributed by atoms with E-state index >= 15 is 0 Å². The molecule has 6 aromatic rings. The summed E-state index contributed by atoms with van der Waals surface area (Å²) in [6.45, 7) is 2.03. The van der Waals surface area contributed by atoms with Gasteiger partial charge in [-0.15, -0.1) is 0 Å². The Balaban J connectivity index is 1.64. The molecule has 2 nitrogen and oxygen atoms in total. The fourth-order valence-corrected chi connectivity index (χ4v) is 6.34. The lowest BCUT2D eigenvalue weighted by Gasteiger charge is -2.46. The Morgan fingerprint density at radius 3 is 1.38 bits per heavy atom. The van der Waals surface area contributed by atoms with E-state index in [0.717, 1.165) is 38.2 Å². The highest BCUT2D eigenvalue weighted by Crippen LogP contribution is 2.54. The lowest BCUT2D eigenvalue weighted by Crippen LogP contribution is -2.44. The van der Waals surface area contributed by atoms with Crippen LogP contribution < -0.4 is 0 Å². The van der Waals surface area contributed by atoms with E-state index in [0.29, 0.717) is 22.3 Å².